The van der Waals surface area contributed by atoms with E-state index in [0.717, 1.165) is 12.8 Å². The molecule has 1 amide bonds. The van der Waals surface area contributed by atoms with Crippen molar-refractivity contribution in [2.24, 2.45) is 0 Å². The highest BCUT2D eigenvalue weighted by Gasteiger charge is 2.15. The molecule has 0 aliphatic carbocycles. The van der Waals surface area contributed by atoms with Gasteiger partial charge in [0.2, 0.25) is 0 Å². The van der Waals surface area contributed by atoms with E-state index >= 15 is 0 Å². The highest BCUT2D eigenvalue weighted by Crippen LogP contribution is 2.04. The quantitative estimate of drug-likeness (QED) is 0.632. The molecule has 0 heterocycles. The number of hydrogen-bond donors (Lipinski definition) is 1. The topological polar surface area (TPSA) is 55.4 Å². The molecule has 1 aromatic rings. The summed E-state index contributed by atoms with van der Waals surface area (Å²) in [5, 5.41) is 2.59. The van der Waals surface area contributed by atoms with Crippen LogP contribution in [0.15, 0.2) is 30.3 Å². The van der Waals surface area contributed by atoms with Crippen molar-refractivity contribution >= 4 is 11.9 Å². The first-order chi connectivity index (χ1) is 8.13. The van der Waals surface area contributed by atoms with E-state index in [1.54, 1.807) is 0 Å². The van der Waals surface area contributed by atoms with Crippen LogP contribution in [0.25, 0.3) is 0 Å². The lowest BCUT2D eigenvalue weighted by atomic mass is 10.1. The highest BCUT2D eigenvalue weighted by atomic mass is 16.5. The molecule has 4 heteroatoms. The van der Waals surface area contributed by atoms with Gasteiger partial charge in [-0.1, -0.05) is 30.3 Å². The van der Waals surface area contributed by atoms with Gasteiger partial charge in [-0.25, -0.2) is 4.79 Å². The van der Waals surface area contributed by atoms with Crippen LogP contribution in [0.3, 0.4) is 0 Å². The van der Waals surface area contributed by atoms with Crippen molar-refractivity contribution in [3.05, 3.63) is 35.9 Å². The number of methoxy groups -OCH3 is 1. The maximum atomic E-state index is 11.2. The van der Waals surface area contributed by atoms with Crippen molar-refractivity contribution in [2.75, 3.05) is 7.11 Å². The summed E-state index contributed by atoms with van der Waals surface area (Å²) in [5.41, 5.74) is 1.21. The molecule has 1 N–H and O–H groups in total. The first-order valence-electron chi connectivity index (χ1n) is 5.56. The summed E-state index contributed by atoms with van der Waals surface area (Å²) in [5.74, 6) is -1.54. The first kappa shape index (κ1) is 13.2. The minimum absolute atomic E-state index is 0.0539. The van der Waals surface area contributed by atoms with E-state index in [9.17, 15) is 9.59 Å². The zero-order valence-corrected chi connectivity index (χ0v) is 10.1. The molecule has 0 aliphatic rings. The van der Waals surface area contributed by atoms with Crippen molar-refractivity contribution < 1.29 is 14.3 Å². The van der Waals surface area contributed by atoms with Crippen LogP contribution in [-0.2, 0) is 20.7 Å². The van der Waals surface area contributed by atoms with E-state index in [4.69, 9.17) is 0 Å². The Kier molecular flexibility index (Phi) is 5.20. The SMILES string of the molecule is COC(=O)C(=O)NC(C)CCc1ccccc1. The van der Waals surface area contributed by atoms with Gasteiger partial charge in [-0.2, -0.15) is 0 Å². The van der Waals surface area contributed by atoms with E-state index in [0.29, 0.717) is 0 Å². The van der Waals surface area contributed by atoms with Crippen molar-refractivity contribution in [1.29, 1.82) is 0 Å². The standard InChI is InChI=1S/C13H17NO3/c1-10(14-12(15)13(16)17-2)8-9-11-6-4-3-5-7-11/h3-7,10H,8-9H2,1-2H3,(H,14,15). The molecule has 1 rings (SSSR count). The number of aryl methyl sites for hydroxylation is 1. The number of ether oxygens (including phenoxy) is 1. The minimum Gasteiger partial charge on any atom is -0.462 e. The number of amides is 1. The zero-order chi connectivity index (χ0) is 12.7. The predicted octanol–water partition coefficient (Wildman–Crippen LogP) is 1.30. The van der Waals surface area contributed by atoms with Crippen molar-refractivity contribution in [3.63, 3.8) is 0 Å². The number of carbonyl (C=O) groups is 2. The van der Waals surface area contributed by atoms with Gasteiger partial charge in [-0.3, -0.25) is 4.79 Å². The number of nitrogens with one attached hydrogen (secondary N) is 1. The van der Waals surface area contributed by atoms with Gasteiger partial charge in [0, 0.05) is 6.04 Å². The van der Waals surface area contributed by atoms with Gasteiger partial charge in [0.15, 0.2) is 0 Å². The number of esters is 1. The first-order valence-corrected chi connectivity index (χ1v) is 5.56. The number of carbonyl (C=O) groups excluding carboxylic acids is 2. The van der Waals surface area contributed by atoms with Crippen LogP contribution in [0.1, 0.15) is 18.9 Å². The summed E-state index contributed by atoms with van der Waals surface area (Å²) in [6, 6.07) is 9.94. The van der Waals surface area contributed by atoms with Gasteiger partial charge in [-0.05, 0) is 25.3 Å². The van der Waals surface area contributed by atoms with Gasteiger partial charge < -0.3 is 10.1 Å². The summed E-state index contributed by atoms with van der Waals surface area (Å²) in [7, 11) is 1.19. The van der Waals surface area contributed by atoms with E-state index in [-0.39, 0.29) is 6.04 Å². The summed E-state index contributed by atoms with van der Waals surface area (Å²) in [6.07, 6.45) is 1.65. The molecule has 0 saturated heterocycles. The van der Waals surface area contributed by atoms with Crippen LogP contribution in [-0.4, -0.2) is 25.0 Å². The Morgan fingerprint density at radius 1 is 1.29 bits per heavy atom. The van der Waals surface area contributed by atoms with E-state index in [1.165, 1.54) is 12.7 Å². The normalized spacial score (nSPS) is 11.6. The van der Waals surface area contributed by atoms with Gasteiger partial charge in [0.05, 0.1) is 7.11 Å². The fourth-order valence-electron chi connectivity index (χ4n) is 1.48. The molecule has 1 atom stereocenters. The lowest BCUT2D eigenvalue weighted by Crippen LogP contribution is -2.38. The molecule has 0 radical (unpaired) electrons. The van der Waals surface area contributed by atoms with Crippen LogP contribution in [0, 0.1) is 0 Å². The summed E-state index contributed by atoms with van der Waals surface area (Å²) >= 11 is 0. The van der Waals surface area contributed by atoms with Crippen LogP contribution < -0.4 is 5.32 Å². The van der Waals surface area contributed by atoms with Gasteiger partial charge in [0.1, 0.15) is 0 Å². The molecular weight excluding hydrogens is 218 g/mol. The number of hydrogen-bond acceptors (Lipinski definition) is 3. The summed E-state index contributed by atoms with van der Waals surface area (Å²) in [6.45, 7) is 1.86. The zero-order valence-electron chi connectivity index (χ0n) is 10.1. The fourth-order valence-corrected chi connectivity index (χ4v) is 1.48. The third-order valence-electron chi connectivity index (χ3n) is 2.46. The number of rotatable bonds is 4. The lowest BCUT2D eigenvalue weighted by molar-refractivity contribution is -0.153. The van der Waals surface area contributed by atoms with E-state index in [2.05, 4.69) is 10.1 Å². The molecule has 4 nitrogen and oxygen atoms in total. The summed E-state index contributed by atoms with van der Waals surface area (Å²) in [4.78, 5) is 22.1. The smallest absolute Gasteiger partial charge is 0.396 e. The van der Waals surface area contributed by atoms with Gasteiger partial charge >= 0.3 is 11.9 Å². The minimum atomic E-state index is -0.850. The molecule has 92 valence electrons. The molecule has 1 unspecified atom stereocenters. The molecule has 0 bridgehead atoms. The second-order valence-electron chi connectivity index (χ2n) is 3.89. The number of benzene rings is 1. The second-order valence-corrected chi connectivity index (χ2v) is 3.89. The van der Waals surface area contributed by atoms with Crippen molar-refractivity contribution in [2.45, 2.75) is 25.8 Å². The molecule has 0 aromatic heterocycles. The Morgan fingerprint density at radius 2 is 1.94 bits per heavy atom. The van der Waals surface area contributed by atoms with E-state index < -0.39 is 11.9 Å². The van der Waals surface area contributed by atoms with Crippen LogP contribution in [0.5, 0.6) is 0 Å². The Morgan fingerprint density at radius 3 is 2.53 bits per heavy atom. The van der Waals surface area contributed by atoms with Crippen LogP contribution in [0.4, 0.5) is 0 Å². The third kappa shape index (κ3) is 4.68. The second kappa shape index (κ2) is 6.68. The van der Waals surface area contributed by atoms with E-state index in [1.807, 2.05) is 37.3 Å². The average molecular weight is 235 g/mol. The van der Waals surface area contributed by atoms with Gasteiger partial charge in [0.25, 0.3) is 0 Å². The van der Waals surface area contributed by atoms with Crippen LogP contribution in [0.2, 0.25) is 0 Å². The van der Waals surface area contributed by atoms with Crippen LogP contribution >= 0.6 is 0 Å². The Labute approximate surface area is 101 Å². The monoisotopic (exact) mass is 235 g/mol. The van der Waals surface area contributed by atoms with Crippen molar-refractivity contribution in [1.82, 2.24) is 5.32 Å². The predicted molar refractivity (Wildman–Crippen MR) is 64.4 cm³/mol. The Hall–Kier alpha value is -1.84. The fraction of sp³-hybridized carbons (Fsp3) is 0.385. The molecule has 0 fully saturated rings. The van der Waals surface area contributed by atoms with Gasteiger partial charge in [-0.15, -0.1) is 0 Å². The molecule has 0 saturated carbocycles. The molecule has 0 spiro atoms. The molecule has 0 aliphatic heterocycles. The van der Waals surface area contributed by atoms with Crippen molar-refractivity contribution in [3.8, 4) is 0 Å². The molecular formula is C13H17NO3. The third-order valence-corrected chi connectivity index (χ3v) is 2.46. The molecule has 1 aromatic carbocycles. The Bertz CT molecular complexity index is 376. The maximum Gasteiger partial charge on any atom is 0.396 e. The molecule has 17 heavy (non-hydrogen) atoms. The highest BCUT2D eigenvalue weighted by molar-refractivity contribution is 6.32. The largest absolute Gasteiger partial charge is 0.462 e. The summed E-state index contributed by atoms with van der Waals surface area (Å²) < 4.78 is 4.32. The lowest BCUT2D eigenvalue weighted by Gasteiger charge is -2.12. The maximum absolute atomic E-state index is 11.2. The Balaban J connectivity index is 2.33. The average Bonchev–Trinajstić information content (AvgIpc) is 2.36.